The lowest BCUT2D eigenvalue weighted by molar-refractivity contribution is -0.138. The van der Waals surface area contributed by atoms with E-state index in [9.17, 15) is 56.7 Å². The second-order valence-electron chi connectivity index (χ2n) is 23.6. The second-order valence-corrected chi connectivity index (χ2v) is 23.6. The molecule has 0 unspecified atom stereocenters. The highest BCUT2D eigenvalue weighted by Gasteiger charge is 2.33. The monoisotopic (exact) mass is 1290 g/mol. The molecule has 498 valence electrons. The third-order valence-corrected chi connectivity index (χ3v) is 15.7. The number of urea groups is 1. The topological polar surface area (TPSA) is 351 Å². The van der Waals surface area contributed by atoms with Crippen LogP contribution in [0.1, 0.15) is 147 Å². The van der Waals surface area contributed by atoms with Crippen molar-refractivity contribution in [1.29, 1.82) is 0 Å². The molecule has 7 rings (SSSR count). The molecule has 4 heterocycles. The number of rotatable bonds is 32. The number of hydrogen-bond donors (Lipinski definition) is 9. The van der Waals surface area contributed by atoms with E-state index in [1.54, 1.807) is 56.5 Å². The fourth-order valence-electron chi connectivity index (χ4n) is 10.8. The molecule has 3 aliphatic rings. The number of primary amides is 1. The van der Waals surface area contributed by atoms with Crippen LogP contribution in [-0.2, 0) is 59.6 Å². The Morgan fingerprint density at radius 2 is 1.44 bits per heavy atom. The molecule has 0 spiro atoms. The number of anilines is 2. The van der Waals surface area contributed by atoms with Crippen LogP contribution in [0.15, 0.2) is 89.6 Å². The average molecular weight is 1290 g/mol. The maximum atomic E-state index is 15.0. The molecule has 93 heavy (non-hydrogen) atoms. The molecule has 0 bridgehead atoms. The number of aliphatic imine (C=N–C) groups is 1. The number of imide groups is 1. The van der Waals surface area contributed by atoms with Crippen LogP contribution >= 0.6 is 0 Å². The van der Waals surface area contributed by atoms with Crippen molar-refractivity contribution in [2.75, 3.05) is 56.4 Å². The fourth-order valence-corrected chi connectivity index (χ4v) is 10.8. The summed E-state index contributed by atoms with van der Waals surface area (Å²) in [6.07, 6.45) is 7.18. The largest absolute Gasteiger partial charge is 0.445 e. The van der Waals surface area contributed by atoms with Crippen LogP contribution in [0.5, 0.6) is 0 Å². The summed E-state index contributed by atoms with van der Waals surface area (Å²) >= 11 is 0. The summed E-state index contributed by atoms with van der Waals surface area (Å²) in [5.74, 6) is -6.87. The predicted molar refractivity (Wildman–Crippen MR) is 344 cm³/mol. The number of hydrogen-bond acceptors (Lipinski definition) is 15. The lowest BCUT2D eigenvalue weighted by Gasteiger charge is -2.28. The molecule has 25 nitrogen and oxygen atoms in total. The minimum Gasteiger partial charge on any atom is -0.445 e. The Kier molecular flexibility index (Phi) is 26.0. The summed E-state index contributed by atoms with van der Waals surface area (Å²) in [6, 6.07) is 16.7. The zero-order valence-corrected chi connectivity index (χ0v) is 53.0. The smallest absolute Gasteiger partial charge is 0.407 e. The van der Waals surface area contributed by atoms with E-state index in [0.29, 0.717) is 104 Å². The number of amides is 11. The van der Waals surface area contributed by atoms with Gasteiger partial charge in [0.15, 0.2) is 0 Å². The molecule has 4 aromatic rings. The highest BCUT2D eigenvalue weighted by molar-refractivity contribution is 6.08. The lowest BCUT2D eigenvalue weighted by atomic mass is 10.0. The second kappa shape index (κ2) is 34.1. The third-order valence-electron chi connectivity index (χ3n) is 15.7. The number of likely N-dealkylation sites (tertiary alicyclic amines) is 1. The van der Waals surface area contributed by atoms with Crippen LogP contribution in [-0.4, -0.2) is 149 Å². The van der Waals surface area contributed by atoms with E-state index < -0.39 is 66.8 Å². The van der Waals surface area contributed by atoms with Gasteiger partial charge in [-0.1, -0.05) is 64.4 Å². The lowest BCUT2D eigenvalue weighted by Crippen LogP contribution is -2.54. The van der Waals surface area contributed by atoms with Crippen molar-refractivity contribution in [2.45, 2.75) is 142 Å². The number of halogens is 2. The van der Waals surface area contributed by atoms with Crippen molar-refractivity contribution in [1.82, 2.24) is 46.3 Å². The van der Waals surface area contributed by atoms with Gasteiger partial charge in [-0.25, -0.2) is 23.4 Å². The highest BCUT2D eigenvalue weighted by Crippen LogP contribution is 2.30. The summed E-state index contributed by atoms with van der Waals surface area (Å²) in [5, 5.41) is 17.8. The van der Waals surface area contributed by atoms with Gasteiger partial charge in [0, 0.05) is 112 Å². The Bertz CT molecular complexity index is 3410. The molecule has 27 heteroatoms. The average Bonchev–Trinajstić information content (AvgIpc) is 1.81. The molecule has 0 aliphatic carbocycles. The predicted octanol–water partition coefficient (Wildman–Crippen LogP) is 6.33. The molecular weight excluding hydrogens is 1200 g/mol. The summed E-state index contributed by atoms with van der Waals surface area (Å²) in [6.45, 7) is 8.36. The number of unbranched alkanes of at least 4 members (excludes halogenated alkanes) is 2. The van der Waals surface area contributed by atoms with E-state index in [0.717, 1.165) is 29.7 Å². The van der Waals surface area contributed by atoms with Crippen molar-refractivity contribution in [3.63, 3.8) is 0 Å². The number of aromatic nitrogens is 1. The molecule has 11 N–H and O–H groups in total. The van der Waals surface area contributed by atoms with Crippen molar-refractivity contribution in [3.05, 3.63) is 124 Å². The van der Waals surface area contributed by atoms with Gasteiger partial charge in [0.2, 0.25) is 35.4 Å². The molecule has 1 fully saturated rings. The number of nitrogens with zero attached hydrogens (tertiary/aromatic N) is 5. The standard InChI is InChI=1S/C66H84F2N14O11/c1-5-27-81(28-6-2)63(90)47-31-45-19-20-46(33-53(45)77-54(69)34-47)60(87)76-50-32-48-37-80(30-25-51(48)72-35-50)36-42-13-17-44(18-14-42)59(86)73-39-66(67,68)40-74-65(92)93-38-43-15-21-49(22-16-43)75-61(88)52(11-10-26-71-64(70)91)78-62(89)58(41(3)4)79-55(83)12-8-7-9-29-82-56(84)23-24-57(82)85/h13-22,31-33,35,41,52,58H,5-12,23-30,34,36-40H2,1-4H3,(H2,69,77)(H,73,86)(H,74,92)(H,75,88)(H,76,87)(H,78,89)(H,79,83)(H3,70,71,91)/t52-,58-/m0/s1. The quantitative estimate of drug-likeness (QED) is 0.0191. The van der Waals surface area contributed by atoms with E-state index in [1.165, 1.54) is 41.3 Å². The van der Waals surface area contributed by atoms with Gasteiger partial charge in [-0.15, -0.1) is 0 Å². The van der Waals surface area contributed by atoms with E-state index in [4.69, 9.17) is 16.2 Å². The molecule has 0 radical (unpaired) electrons. The number of nitrogens with two attached hydrogens (primary N) is 2. The number of alkyl halides is 2. The summed E-state index contributed by atoms with van der Waals surface area (Å²) in [4.78, 5) is 142. The van der Waals surface area contributed by atoms with E-state index >= 15 is 0 Å². The van der Waals surface area contributed by atoms with Gasteiger partial charge in [-0.05, 0) is 110 Å². The number of nitrogens with one attached hydrogen (secondary N) is 7. The molecule has 0 saturated carbocycles. The van der Waals surface area contributed by atoms with Crippen LogP contribution in [0.2, 0.25) is 0 Å². The van der Waals surface area contributed by atoms with Gasteiger partial charge in [-0.3, -0.25) is 53.1 Å². The van der Waals surface area contributed by atoms with E-state index in [-0.39, 0.29) is 92.6 Å². The highest BCUT2D eigenvalue weighted by atomic mass is 19.3. The van der Waals surface area contributed by atoms with Gasteiger partial charge in [-0.2, -0.15) is 0 Å². The van der Waals surface area contributed by atoms with Gasteiger partial charge in [0.05, 0.1) is 30.7 Å². The number of pyridine rings is 1. The number of alkyl carbamates (subject to hydrolysis) is 1. The molecule has 3 aromatic carbocycles. The van der Waals surface area contributed by atoms with Crippen LogP contribution < -0.4 is 48.7 Å². The minimum absolute atomic E-state index is 0.0721. The molecule has 11 amide bonds. The first kappa shape index (κ1) is 70.8. The normalized spacial score (nSPS) is 14.5. The van der Waals surface area contributed by atoms with Crippen molar-refractivity contribution in [3.8, 4) is 0 Å². The number of benzene rings is 3. The van der Waals surface area contributed by atoms with Gasteiger partial charge in [0.25, 0.3) is 17.7 Å². The molecule has 1 aromatic heterocycles. The first-order chi connectivity index (χ1) is 44.5. The minimum atomic E-state index is -3.56. The Morgan fingerprint density at radius 1 is 0.753 bits per heavy atom. The van der Waals surface area contributed by atoms with Crippen molar-refractivity contribution < 1.29 is 61.5 Å². The zero-order valence-electron chi connectivity index (χ0n) is 53.0. The number of fused-ring (bicyclic) bond motifs is 2. The van der Waals surface area contributed by atoms with E-state index in [1.807, 2.05) is 30.1 Å². The van der Waals surface area contributed by atoms with Crippen molar-refractivity contribution >= 4 is 88.4 Å². The Labute approximate surface area is 539 Å². The SMILES string of the molecule is CCCN(CCC)C(=O)C1=Cc2ccc(C(=O)Nc3cnc4c(c3)CN(Cc3ccc(C(=O)NCC(F)(F)CNC(=O)OCc5ccc(NC(=O)[C@H](CCCNC(N)=O)NC(=O)[C@@H](NC(=O)CCCCCN6C(=O)CCC6=O)C(C)C)cc5)cc3)CC4)cc2N=C(N)C1. The molecule has 3 aliphatic heterocycles. The molecule has 1 saturated heterocycles. The Balaban J connectivity index is 0.815. The van der Waals surface area contributed by atoms with Crippen LogP contribution in [0.3, 0.4) is 0 Å². The Morgan fingerprint density at radius 3 is 2.13 bits per heavy atom. The fraction of sp³-hybridized carbons (Fsp3) is 0.455. The van der Waals surface area contributed by atoms with Crippen LogP contribution in [0.4, 0.5) is 35.4 Å². The maximum absolute atomic E-state index is 15.0. The van der Waals surface area contributed by atoms with Crippen LogP contribution in [0, 0.1) is 5.92 Å². The van der Waals surface area contributed by atoms with E-state index in [2.05, 4.69) is 46.8 Å². The number of carbonyl (C=O) groups is 10. The van der Waals surface area contributed by atoms with Crippen LogP contribution in [0.25, 0.3) is 6.08 Å². The van der Waals surface area contributed by atoms with Gasteiger partial charge in [0.1, 0.15) is 24.5 Å². The summed E-state index contributed by atoms with van der Waals surface area (Å²) in [7, 11) is 0. The van der Waals surface area contributed by atoms with Gasteiger partial charge < -0.3 is 58.3 Å². The molecular formula is C66H84F2N14O11. The Hall–Kier alpha value is -9.66. The summed E-state index contributed by atoms with van der Waals surface area (Å²) < 4.78 is 35.1. The zero-order chi connectivity index (χ0) is 67.2. The number of carbonyl (C=O) groups excluding carboxylic acids is 10. The van der Waals surface area contributed by atoms with Crippen molar-refractivity contribution in [2.24, 2.45) is 22.4 Å². The van der Waals surface area contributed by atoms with Gasteiger partial charge >= 0.3 is 12.1 Å². The first-order valence-electron chi connectivity index (χ1n) is 31.5. The first-order valence-corrected chi connectivity index (χ1v) is 31.5. The number of amidine groups is 1. The third kappa shape index (κ3) is 21.7. The summed E-state index contributed by atoms with van der Waals surface area (Å²) in [5.41, 5.74) is 17.6. The maximum Gasteiger partial charge on any atom is 0.407 e. The molecule has 2 atom stereocenters. The number of ether oxygens (including phenoxy) is 1.